The van der Waals surface area contributed by atoms with Crippen LogP contribution in [-0.4, -0.2) is 23.2 Å². The molecule has 2 atom stereocenters. The molecule has 0 bridgehead atoms. The third kappa shape index (κ3) is 1.82. The maximum Gasteiger partial charge on any atom is 0.321 e. The molecule has 0 aliphatic carbocycles. The number of nitrogens with one attached hydrogen (secondary N) is 1. The normalized spacial score (nSPS) is 29.4. The molecule has 0 saturated heterocycles. The van der Waals surface area contributed by atoms with Crippen LogP contribution in [0.15, 0.2) is 12.2 Å². The van der Waals surface area contributed by atoms with Gasteiger partial charge in [0, 0.05) is 0 Å². The van der Waals surface area contributed by atoms with Crippen molar-refractivity contribution in [3.05, 3.63) is 12.2 Å². The standard InChI is InChI=1S/C8H9NO2/c1-2-6-4-3-5-7(9-6)8(10)11/h1,3-4,6-7,9H,5H2,(H,10,11). The summed E-state index contributed by atoms with van der Waals surface area (Å²) < 4.78 is 0. The maximum atomic E-state index is 10.5. The zero-order valence-corrected chi connectivity index (χ0v) is 5.95. The van der Waals surface area contributed by atoms with Gasteiger partial charge in [-0.2, -0.15) is 0 Å². The molecule has 0 fully saturated rings. The van der Waals surface area contributed by atoms with Crippen LogP contribution in [0.4, 0.5) is 0 Å². The smallest absolute Gasteiger partial charge is 0.321 e. The van der Waals surface area contributed by atoms with Crippen molar-refractivity contribution in [1.29, 1.82) is 0 Å². The first kappa shape index (κ1) is 7.83. The summed E-state index contributed by atoms with van der Waals surface area (Å²) >= 11 is 0. The average molecular weight is 151 g/mol. The molecule has 3 heteroatoms. The second-order valence-corrected chi connectivity index (χ2v) is 2.37. The van der Waals surface area contributed by atoms with E-state index in [1.807, 2.05) is 0 Å². The van der Waals surface area contributed by atoms with E-state index in [0.717, 1.165) is 0 Å². The third-order valence-corrected chi connectivity index (χ3v) is 1.56. The predicted molar refractivity (Wildman–Crippen MR) is 40.9 cm³/mol. The van der Waals surface area contributed by atoms with Crippen LogP contribution in [0.3, 0.4) is 0 Å². The van der Waals surface area contributed by atoms with Gasteiger partial charge in [0.15, 0.2) is 0 Å². The van der Waals surface area contributed by atoms with E-state index in [9.17, 15) is 4.79 Å². The Hall–Kier alpha value is -1.27. The summed E-state index contributed by atoms with van der Waals surface area (Å²) in [4.78, 5) is 10.5. The van der Waals surface area contributed by atoms with Gasteiger partial charge in [-0.05, 0) is 6.42 Å². The molecule has 3 nitrogen and oxygen atoms in total. The van der Waals surface area contributed by atoms with Crippen LogP contribution >= 0.6 is 0 Å². The van der Waals surface area contributed by atoms with E-state index in [1.54, 1.807) is 12.2 Å². The molecule has 2 N–H and O–H groups in total. The quantitative estimate of drug-likeness (QED) is 0.409. The Kier molecular flexibility index (Phi) is 2.29. The number of carboxylic acid groups (broad SMARTS) is 1. The van der Waals surface area contributed by atoms with E-state index < -0.39 is 12.0 Å². The molecule has 0 aromatic heterocycles. The summed E-state index contributed by atoms with van der Waals surface area (Å²) in [6, 6.07) is -0.758. The Bertz CT molecular complexity index is 227. The highest BCUT2D eigenvalue weighted by Gasteiger charge is 2.20. The van der Waals surface area contributed by atoms with Gasteiger partial charge in [0.25, 0.3) is 0 Å². The van der Waals surface area contributed by atoms with E-state index in [0.29, 0.717) is 6.42 Å². The second-order valence-electron chi connectivity index (χ2n) is 2.37. The first-order valence-corrected chi connectivity index (χ1v) is 3.35. The molecule has 1 aliphatic heterocycles. The van der Waals surface area contributed by atoms with Gasteiger partial charge in [-0.25, -0.2) is 0 Å². The lowest BCUT2D eigenvalue weighted by Crippen LogP contribution is -2.43. The molecule has 11 heavy (non-hydrogen) atoms. The molecule has 0 spiro atoms. The van der Waals surface area contributed by atoms with E-state index in [4.69, 9.17) is 11.5 Å². The first-order valence-electron chi connectivity index (χ1n) is 3.35. The summed E-state index contributed by atoms with van der Waals surface area (Å²) in [7, 11) is 0. The lowest BCUT2D eigenvalue weighted by atomic mass is 10.1. The van der Waals surface area contributed by atoms with E-state index >= 15 is 0 Å². The van der Waals surface area contributed by atoms with E-state index in [-0.39, 0.29) is 6.04 Å². The zero-order chi connectivity index (χ0) is 8.27. The molecule has 0 aromatic rings. The van der Waals surface area contributed by atoms with Gasteiger partial charge >= 0.3 is 5.97 Å². The molecule has 0 radical (unpaired) electrons. The molecule has 0 saturated carbocycles. The molecular formula is C8H9NO2. The molecule has 1 heterocycles. The van der Waals surface area contributed by atoms with Gasteiger partial charge in [0.05, 0.1) is 6.04 Å². The third-order valence-electron chi connectivity index (χ3n) is 1.56. The van der Waals surface area contributed by atoms with Crippen molar-refractivity contribution in [2.24, 2.45) is 0 Å². The minimum atomic E-state index is -0.852. The summed E-state index contributed by atoms with van der Waals surface area (Å²) in [6.07, 6.45) is 9.20. The van der Waals surface area contributed by atoms with Crippen LogP contribution in [0.25, 0.3) is 0 Å². The van der Waals surface area contributed by atoms with Crippen molar-refractivity contribution in [3.8, 4) is 12.3 Å². The van der Waals surface area contributed by atoms with Gasteiger partial charge in [0.1, 0.15) is 6.04 Å². The van der Waals surface area contributed by atoms with Gasteiger partial charge in [-0.15, -0.1) is 6.42 Å². The van der Waals surface area contributed by atoms with Crippen LogP contribution < -0.4 is 5.32 Å². The Morgan fingerprint density at radius 2 is 2.55 bits per heavy atom. The second kappa shape index (κ2) is 3.22. The number of rotatable bonds is 1. The Morgan fingerprint density at radius 3 is 3.09 bits per heavy atom. The van der Waals surface area contributed by atoms with Crippen LogP contribution in [-0.2, 0) is 4.79 Å². The first-order chi connectivity index (χ1) is 5.24. The van der Waals surface area contributed by atoms with Gasteiger partial charge < -0.3 is 5.11 Å². The fraction of sp³-hybridized carbons (Fsp3) is 0.375. The van der Waals surface area contributed by atoms with Crippen molar-refractivity contribution in [2.45, 2.75) is 18.5 Å². The number of carboxylic acids is 1. The minimum absolute atomic E-state index is 0.232. The highest BCUT2D eigenvalue weighted by Crippen LogP contribution is 2.03. The number of aliphatic carboxylic acids is 1. The van der Waals surface area contributed by atoms with Crippen molar-refractivity contribution in [3.63, 3.8) is 0 Å². The van der Waals surface area contributed by atoms with E-state index in [1.165, 1.54) is 0 Å². The SMILES string of the molecule is C#CC1C=CCC(C(=O)O)N1. The largest absolute Gasteiger partial charge is 0.480 e. The molecule has 58 valence electrons. The zero-order valence-electron chi connectivity index (χ0n) is 5.95. The average Bonchev–Trinajstić information content (AvgIpc) is 2.05. The summed E-state index contributed by atoms with van der Waals surface area (Å²) in [5, 5.41) is 11.4. The number of carbonyl (C=O) groups is 1. The van der Waals surface area contributed by atoms with Crippen LogP contribution in [0.5, 0.6) is 0 Å². The monoisotopic (exact) mass is 151 g/mol. The molecule has 2 unspecified atom stereocenters. The topological polar surface area (TPSA) is 49.3 Å². The number of hydrogen-bond acceptors (Lipinski definition) is 2. The van der Waals surface area contributed by atoms with Crippen LogP contribution in [0.1, 0.15) is 6.42 Å². The molecule has 1 rings (SSSR count). The fourth-order valence-corrected chi connectivity index (χ4v) is 0.967. The van der Waals surface area contributed by atoms with Crippen molar-refractivity contribution in [2.75, 3.05) is 0 Å². The highest BCUT2D eigenvalue weighted by molar-refractivity contribution is 5.74. The maximum absolute atomic E-state index is 10.5. The number of hydrogen-bond donors (Lipinski definition) is 2. The van der Waals surface area contributed by atoms with Gasteiger partial charge in [-0.1, -0.05) is 18.1 Å². The molecule has 1 aliphatic rings. The predicted octanol–water partition coefficient (Wildman–Crippen LogP) is -0.00910. The van der Waals surface area contributed by atoms with E-state index in [2.05, 4.69) is 11.2 Å². The van der Waals surface area contributed by atoms with Crippen LogP contribution in [0, 0.1) is 12.3 Å². The van der Waals surface area contributed by atoms with Gasteiger partial charge in [-0.3, -0.25) is 10.1 Å². The Morgan fingerprint density at radius 1 is 1.82 bits per heavy atom. The van der Waals surface area contributed by atoms with Crippen molar-refractivity contribution in [1.82, 2.24) is 5.32 Å². The highest BCUT2D eigenvalue weighted by atomic mass is 16.4. The van der Waals surface area contributed by atoms with Gasteiger partial charge in [0.2, 0.25) is 0 Å². The molecule has 0 amide bonds. The molecular weight excluding hydrogens is 142 g/mol. The summed E-state index contributed by atoms with van der Waals surface area (Å²) in [6.45, 7) is 0. The van der Waals surface area contributed by atoms with Crippen molar-refractivity contribution >= 4 is 5.97 Å². The fourth-order valence-electron chi connectivity index (χ4n) is 0.967. The summed E-state index contributed by atoms with van der Waals surface area (Å²) in [5.74, 6) is 1.58. The van der Waals surface area contributed by atoms with Crippen molar-refractivity contribution < 1.29 is 9.90 Å². The Labute approximate surface area is 65.1 Å². The number of terminal acetylenes is 1. The minimum Gasteiger partial charge on any atom is -0.480 e. The summed E-state index contributed by atoms with van der Waals surface area (Å²) in [5.41, 5.74) is 0. The van der Waals surface area contributed by atoms with Crippen LogP contribution in [0.2, 0.25) is 0 Å². The lowest BCUT2D eigenvalue weighted by Gasteiger charge is -2.19. The lowest BCUT2D eigenvalue weighted by molar-refractivity contribution is -0.139. The molecule has 0 aromatic carbocycles. The Balaban J connectivity index is 2.60.